The van der Waals surface area contributed by atoms with Crippen LogP contribution >= 0.6 is 0 Å². The van der Waals surface area contributed by atoms with E-state index in [9.17, 15) is 26.4 Å². The minimum atomic E-state index is -4.48. The maximum Gasteiger partial charge on any atom is 0.416 e. The fraction of sp³-hybridized carbons (Fsp3) is 0.381. The van der Waals surface area contributed by atoms with Crippen molar-refractivity contribution >= 4 is 21.6 Å². The van der Waals surface area contributed by atoms with E-state index in [1.165, 1.54) is 16.4 Å². The predicted octanol–water partition coefficient (Wildman–Crippen LogP) is 1.85. The summed E-state index contributed by atoms with van der Waals surface area (Å²) >= 11 is 0. The highest BCUT2D eigenvalue weighted by Crippen LogP contribution is 2.30. The van der Waals surface area contributed by atoms with E-state index >= 15 is 0 Å². The lowest BCUT2D eigenvalue weighted by molar-refractivity contribution is -0.895. The number of benzene rings is 2. The van der Waals surface area contributed by atoms with Crippen molar-refractivity contribution in [3.63, 3.8) is 0 Å². The number of hydrogen-bond donors (Lipinski definition) is 2. The van der Waals surface area contributed by atoms with Gasteiger partial charge in [-0.25, -0.2) is 8.42 Å². The number of hydrogen-bond acceptors (Lipinski definition) is 3. The molecule has 0 radical (unpaired) electrons. The average molecular weight is 457 g/mol. The second-order valence-electron chi connectivity index (χ2n) is 7.73. The van der Waals surface area contributed by atoms with Gasteiger partial charge in [-0.05, 0) is 49.2 Å². The molecule has 1 amide bonds. The highest BCUT2D eigenvalue weighted by Gasteiger charge is 2.33. The van der Waals surface area contributed by atoms with E-state index < -0.39 is 27.7 Å². The summed E-state index contributed by atoms with van der Waals surface area (Å²) < 4.78 is 65.8. The monoisotopic (exact) mass is 456 g/mol. The molecule has 1 saturated heterocycles. The van der Waals surface area contributed by atoms with Crippen LogP contribution in [0.15, 0.2) is 47.4 Å². The molecule has 0 aromatic heterocycles. The van der Waals surface area contributed by atoms with E-state index in [-0.39, 0.29) is 25.3 Å². The predicted molar refractivity (Wildman–Crippen MR) is 110 cm³/mol. The number of nitrogens with zero attached hydrogens (tertiary/aromatic N) is 1. The van der Waals surface area contributed by atoms with E-state index in [4.69, 9.17) is 0 Å². The van der Waals surface area contributed by atoms with Gasteiger partial charge in [-0.1, -0.05) is 18.2 Å². The SMILES string of the molecule is Cc1ccc(C)c(S(=O)(=O)N2CC[NH+](CC(=O)Nc3cccc(C(F)(F)F)c3)CC2)c1. The normalized spacial score (nSPS) is 16.3. The van der Waals surface area contributed by atoms with Crippen LogP contribution < -0.4 is 10.2 Å². The number of piperazine rings is 1. The third-order valence-corrected chi connectivity index (χ3v) is 7.32. The van der Waals surface area contributed by atoms with Gasteiger partial charge in [0.2, 0.25) is 10.0 Å². The van der Waals surface area contributed by atoms with Crippen LogP contribution in [0.5, 0.6) is 0 Å². The molecule has 1 heterocycles. The molecule has 2 N–H and O–H groups in total. The summed E-state index contributed by atoms with van der Waals surface area (Å²) in [6, 6.07) is 9.77. The zero-order valence-electron chi connectivity index (χ0n) is 17.3. The summed E-state index contributed by atoms with van der Waals surface area (Å²) in [6.45, 7) is 5.03. The Bertz CT molecular complexity index is 1060. The quantitative estimate of drug-likeness (QED) is 0.722. The van der Waals surface area contributed by atoms with Crippen molar-refractivity contribution in [1.82, 2.24) is 4.31 Å². The lowest BCUT2D eigenvalue weighted by Gasteiger charge is -2.31. The number of sulfonamides is 1. The van der Waals surface area contributed by atoms with E-state index in [0.717, 1.165) is 22.6 Å². The average Bonchev–Trinajstić information content (AvgIpc) is 2.69. The zero-order chi connectivity index (χ0) is 22.8. The van der Waals surface area contributed by atoms with Gasteiger partial charge in [-0.15, -0.1) is 0 Å². The molecule has 2 aromatic rings. The van der Waals surface area contributed by atoms with E-state index in [2.05, 4.69) is 5.32 Å². The second kappa shape index (κ2) is 8.97. The topological polar surface area (TPSA) is 70.9 Å². The molecule has 10 heteroatoms. The molecular formula is C21H25F3N3O3S+. The number of nitrogens with one attached hydrogen (secondary N) is 2. The van der Waals surface area contributed by atoms with Crippen LogP contribution in [0.25, 0.3) is 0 Å². The van der Waals surface area contributed by atoms with Crippen LogP contribution in [-0.2, 0) is 21.0 Å². The number of carbonyl (C=O) groups excluding carboxylic acids is 1. The number of carbonyl (C=O) groups is 1. The molecular weight excluding hydrogens is 431 g/mol. The molecule has 0 saturated carbocycles. The van der Waals surface area contributed by atoms with Crippen molar-refractivity contribution in [2.24, 2.45) is 0 Å². The molecule has 0 atom stereocenters. The van der Waals surface area contributed by atoms with Gasteiger partial charge in [-0.3, -0.25) is 4.79 Å². The lowest BCUT2D eigenvalue weighted by atomic mass is 10.2. The summed E-state index contributed by atoms with van der Waals surface area (Å²) in [5, 5.41) is 2.49. The summed E-state index contributed by atoms with van der Waals surface area (Å²) in [4.78, 5) is 13.4. The van der Waals surface area contributed by atoms with Gasteiger partial charge in [0.25, 0.3) is 5.91 Å². The molecule has 2 aromatic carbocycles. The highest BCUT2D eigenvalue weighted by atomic mass is 32.2. The highest BCUT2D eigenvalue weighted by molar-refractivity contribution is 7.89. The maximum absolute atomic E-state index is 13.0. The molecule has 0 unspecified atom stereocenters. The Kier molecular flexibility index (Phi) is 6.73. The van der Waals surface area contributed by atoms with Crippen LogP contribution in [0.2, 0.25) is 0 Å². The number of quaternary nitrogens is 1. The number of anilines is 1. The standard InChI is InChI=1S/C21H24F3N3O3S/c1-15-6-7-16(2)19(12-15)31(29,30)27-10-8-26(9-11-27)14-20(28)25-18-5-3-4-17(13-18)21(22,23)24/h3-7,12-13H,8-11,14H2,1-2H3,(H,25,28)/p+1. The fourth-order valence-corrected chi connectivity index (χ4v) is 5.30. The zero-order valence-corrected chi connectivity index (χ0v) is 18.1. The molecule has 0 aliphatic carbocycles. The summed E-state index contributed by atoms with van der Waals surface area (Å²) in [5.41, 5.74) is 0.791. The number of halogens is 3. The van der Waals surface area contributed by atoms with Crippen molar-refractivity contribution in [3.05, 3.63) is 59.2 Å². The Balaban J connectivity index is 1.58. The first kappa shape index (κ1) is 23.2. The van der Waals surface area contributed by atoms with E-state index in [0.29, 0.717) is 23.5 Å². The minimum absolute atomic E-state index is 0.0492. The maximum atomic E-state index is 13.0. The second-order valence-corrected chi connectivity index (χ2v) is 9.63. The van der Waals surface area contributed by atoms with Crippen molar-refractivity contribution in [3.8, 4) is 0 Å². The Hall–Kier alpha value is -2.43. The number of alkyl halides is 3. The number of amides is 1. The van der Waals surface area contributed by atoms with Crippen molar-refractivity contribution in [2.75, 3.05) is 38.0 Å². The van der Waals surface area contributed by atoms with Crippen molar-refractivity contribution in [1.29, 1.82) is 0 Å². The summed E-state index contributed by atoms with van der Waals surface area (Å²) in [7, 11) is -3.62. The molecule has 6 nitrogen and oxygen atoms in total. The van der Waals surface area contributed by atoms with Crippen molar-refractivity contribution in [2.45, 2.75) is 24.9 Å². The third-order valence-electron chi connectivity index (χ3n) is 5.28. The molecule has 1 aliphatic rings. The minimum Gasteiger partial charge on any atom is -0.325 e. The summed E-state index contributed by atoms with van der Waals surface area (Å²) in [6.07, 6.45) is -4.48. The van der Waals surface area contributed by atoms with Gasteiger partial charge >= 0.3 is 6.18 Å². The molecule has 1 fully saturated rings. The Morgan fingerprint density at radius 1 is 1.10 bits per heavy atom. The Labute approximate surface area is 179 Å². The van der Waals surface area contributed by atoms with E-state index in [1.807, 2.05) is 13.0 Å². The first-order valence-electron chi connectivity index (χ1n) is 9.85. The van der Waals surface area contributed by atoms with Gasteiger partial charge in [0.15, 0.2) is 6.54 Å². The van der Waals surface area contributed by atoms with Crippen LogP contribution in [0.4, 0.5) is 18.9 Å². The Morgan fingerprint density at radius 2 is 1.77 bits per heavy atom. The van der Waals surface area contributed by atoms with Gasteiger partial charge in [0.1, 0.15) is 0 Å². The van der Waals surface area contributed by atoms with Crippen LogP contribution in [0.1, 0.15) is 16.7 Å². The van der Waals surface area contributed by atoms with Crippen LogP contribution in [0, 0.1) is 13.8 Å². The first-order valence-corrected chi connectivity index (χ1v) is 11.3. The van der Waals surface area contributed by atoms with Gasteiger partial charge in [0, 0.05) is 5.69 Å². The van der Waals surface area contributed by atoms with E-state index in [1.54, 1.807) is 19.1 Å². The molecule has 1 aliphatic heterocycles. The molecule has 0 bridgehead atoms. The van der Waals surface area contributed by atoms with Crippen LogP contribution in [0.3, 0.4) is 0 Å². The molecule has 168 valence electrons. The Morgan fingerprint density at radius 3 is 2.42 bits per heavy atom. The summed E-state index contributed by atoms with van der Waals surface area (Å²) in [5.74, 6) is -0.417. The molecule has 31 heavy (non-hydrogen) atoms. The lowest BCUT2D eigenvalue weighted by Crippen LogP contribution is -3.15. The fourth-order valence-electron chi connectivity index (χ4n) is 3.55. The van der Waals surface area contributed by atoms with Crippen LogP contribution in [-0.4, -0.2) is 51.4 Å². The van der Waals surface area contributed by atoms with Gasteiger partial charge in [0.05, 0.1) is 36.6 Å². The molecule has 3 rings (SSSR count). The van der Waals surface area contributed by atoms with Gasteiger partial charge < -0.3 is 10.2 Å². The first-order chi connectivity index (χ1) is 14.5. The molecule has 0 spiro atoms. The van der Waals surface area contributed by atoms with Crippen molar-refractivity contribution < 1.29 is 31.3 Å². The largest absolute Gasteiger partial charge is 0.416 e. The smallest absolute Gasteiger partial charge is 0.325 e. The number of rotatable bonds is 5. The third kappa shape index (κ3) is 5.63. The van der Waals surface area contributed by atoms with Gasteiger partial charge in [-0.2, -0.15) is 17.5 Å². The number of aryl methyl sites for hydroxylation is 2.